The lowest BCUT2D eigenvalue weighted by Crippen LogP contribution is -1.83. The second kappa shape index (κ2) is 15.0. The smallest absolute Gasteiger partial charge is 0.0386 e. The lowest BCUT2D eigenvalue weighted by molar-refractivity contribution is 0.584. The topological polar surface area (TPSA) is 0 Å². The first-order chi connectivity index (χ1) is 7.91. The predicted octanol–water partition coefficient (Wildman–Crippen LogP) is 6.12. The van der Waals surface area contributed by atoms with Gasteiger partial charge in [-0.05, 0) is 6.42 Å². The number of rotatable bonds is 13. The Balaban J connectivity index is 2.83. The Morgan fingerprint density at radius 2 is 1.19 bits per heavy atom. The first kappa shape index (κ1) is 16.0. The van der Waals surface area contributed by atoms with Crippen molar-refractivity contribution in [3.8, 4) is 0 Å². The molecule has 0 heterocycles. The monoisotopic (exact) mass is 224 g/mol. The highest BCUT2D eigenvalue weighted by Crippen LogP contribution is 2.11. The van der Waals surface area contributed by atoms with E-state index in [9.17, 15) is 0 Å². The zero-order chi connectivity index (χ0) is 11.9. The van der Waals surface area contributed by atoms with Crippen LogP contribution >= 0.6 is 0 Å². The second-order valence-corrected chi connectivity index (χ2v) is 4.90. The van der Waals surface area contributed by atoms with Gasteiger partial charge < -0.3 is 0 Å². The van der Waals surface area contributed by atoms with Gasteiger partial charge in [0.25, 0.3) is 0 Å². The molecule has 16 heavy (non-hydrogen) atoms. The maximum Gasteiger partial charge on any atom is -0.0386 e. The van der Waals surface area contributed by atoms with Crippen LogP contribution < -0.4 is 0 Å². The molecule has 0 atom stereocenters. The molecular formula is C16H32. The Morgan fingerprint density at radius 3 is 1.75 bits per heavy atom. The molecule has 0 spiro atoms. The summed E-state index contributed by atoms with van der Waals surface area (Å²) < 4.78 is 0. The van der Waals surface area contributed by atoms with Crippen LogP contribution in [0.25, 0.3) is 0 Å². The van der Waals surface area contributed by atoms with Gasteiger partial charge in [-0.1, -0.05) is 97.3 Å². The lowest BCUT2D eigenvalue weighted by Gasteiger charge is -2.02. The predicted molar refractivity (Wildman–Crippen MR) is 75.4 cm³/mol. The zero-order valence-corrected chi connectivity index (χ0v) is 11.5. The maximum absolute atomic E-state index is 3.87. The molecule has 0 unspecified atom stereocenters. The van der Waals surface area contributed by atoms with Crippen LogP contribution in [0.1, 0.15) is 90.4 Å². The number of hydrogen-bond acceptors (Lipinski definition) is 0. The van der Waals surface area contributed by atoms with E-state index in [0.29, 0.717) is 0 Å². The summed E-state index contributed by atoms with van der Waals surface area (Å²) in [6.45, 7) is 6.15. The molecule has 96 valence electrons. The minimum Gasteiger partial charge on any atom is -0.0654 e. The molecule has 0 heteroatoms. The minimum absolute atomic E-state index is 1.12. The Bertz CT molecular complexity index is 92.6. The van der Waals surface area contributed by atoms with E-state index in [2.05, 4.69) is 20.3 Å². The van der Waals surface area contributed by atoms with E-state index in [1.165, 1.54) is 77.0 Å². The van der Waals surface area contributed by atoms with Crippen LogP contribution in [0.15, 0.2) is 0 Å². The molecule has 0 amide bonds. The first-order valence-corrected chi connectivity index (χ1v) is 7.52. The van der Waals surface area contributed by atoms with Gasteiger partial charge >= 0.3 is 0 Å². The van der Waals surface area contributed by atoms with Gasteiger partial charge in [-0.3, -0.25) is 0 Å². The van der Waals surface area contributed by atoms with Crippen LogP contribution in [0.2, 0.25) is 0 Å². The third-order valence-corrected chi connectivity index (χ3v) is 3.17. The standard InChI is InChI=1S/C16H32/c1-3-5-7-9-11-13-15-16-14-12-10-8-6-4-2/h14H,1,3-13,15-16H2,2H3. The van der Waals surface area contributed by atoms with E-state index in [0.717, 1.165) is 6.42 Å². The molecule has 0 saturated heterocycles. The van der Waals surface area contributed by atoms with Crippen molar-refractivity contribution in [1.29, 1.82) is 0 Å². The summed E-state index contributed by atoms with van der Waals surface area (Å²) in [6, 6.07) is 0. The van der Waals surface area contributed by atoms with E-state index < -0.39 is 0 Å². The van der Waals surface area contributed by atoms with Gasteiger partial charge in [-0.2, -0.15) is 0 Å². The first-order valence-electron chi connectivity index (χ1n) is 7.52. The zero-order valence-electron chi connectivity index (χ0n) is 11.5. The third-order valence-electron chi connectivity index (χ3n) is 3.17. The summed E-state index contributed by atoms with van der Waals surface area (Å²) in [5, 5.41) is 0. The highest BCUT2D eigenvalue weighted by Gasteiger charge is 1.93. The van der Waals surface area contributed by atoms with Crippen molar-refractivity contribution in [3.63, 3.8) is 0 Å². The molecule has 0 N–H and O–H groups in total. The van der Waals surface area contributed by atoms with E-state index in [-0.39, 0.29) is 0 Å². The summed E-state index contributed by atoms with van der Waals surface area (Å²) in [6.07, 6.45) is 20.4. The molecule has 2 radical (unpaired) electrons. The van der Waals surface area contributed by atoms with Crippen molar-refractivity contribution in [2.75, 3.05) is 0 Å². The van der Waals surface area contributed by atoms with Crippen molar-refractivity contribution in [3.05, 3.63) is 13.3 Å². The fourth-order valence-corrected chi connectivity index (χ4v) is 2.03. The third kappa shape index (κ3) is 14.0. The van der Waals surface area contributed by atoms with Crippen LogP contribution in [-0.4, -0.2) is 0 Å². The van der Waals surface area contributed by atoms with Gasteiger partial charge in [-0.25, -0.2) is 0 Å². The van der Waals surface area contributed by atoms with Gasteiger partial charge in [0.1, 0.15) is 0 Å². The Hall–Kier alpha value is 0. The molecular weight excluding hydrogens is 192 g/mol. The largest absolute Gasteiger partial charge is 0.0654 e. The van der Waals surface area contributed by atoms with E-state index >= 15 is 0 Å². The van der Waals surface area contributed by atoms with Crippen molar-refractivity contribution < 1.29 is 0 Å². The molecule has 0 aliphatic carbocycles. The van der Waals surface area contributed by atoms with Crippen LogP contribution in [-0.2, 0) is 0 Å². The van der Waals surface area contributed by atoms with Gasteiger partial charge in [0.2, 0.25) is 0 Å². The normalized spacial score (nSPS) is 10.9. The maximum atomic E-state index is 3.87. The van der Waals surface area contributed by atoms with Crippen molar-refractivity contribution >= 4 is 0 Å². The van der Waals surface area contributed by atoms with Crippen molar-refractivity contribution in [2.45, 2.75) is 90.4 Å². The summed E-state index contributed by atoms with van der Waals surface area (Å²) in [5.74, 6) is 0. The molecule has 0 aromatic carbocycles. The second-order valence-electron chi connectivity index (χ2n) is 4.90. The minimum atomic E-state index is 1.12. The number of unbranched alkanes of at least 4 members (excludes halogenated alkanes) is 13. The summed E-state index contributed by atoms with van der Waals surface area (Å²) in [5.41, 5.74) is 0. The fraction of sp³-hybridized carbons (Fsp3) is 0.875. The average Bonchev–Trinajstić information content (AvgIpc) is 2.31. The quantitative estimate of drug-likeness (QED) is 0.331. The van der Waals surface area contributed by atoms with Gasteiger partial charge in [-0.15, -0.1) is 0 Å². The van der Waals surface area contributed by atoms with E-state index in [4.69, 9.17) is 0 Å². The lowest BCUT2D eigenvalue weighted by atomic mass is 10.0. The highest BCUT2D eigenvalue weighted by atomic mass is 14.0. The number of hydrogen-bond donors (Lipinski definition) is 0. The highest BCUT2D eigenvalue weighted by molar-refractivity contribution is 4.64. The molecule has 0 fully saturated rings. The van der Waals surface area contributed by atoms with E-state index in [1.54, 1.807) is 0 Å². The van der Waals surface area contributed by atoms with Crippen LogP contribution in [0.3, 0.4) is 0 Å². The van der Waals surface area contributed by atoms with Crippen LogP contribution in [0, 0.1) is 13.3 Å². The fourth-order valence-electron chi connectivity index (χ4n) is 2.03. The summed E-state index contributed by atoms with van der Waals surface area (Å²) in [4.78, 5) is 0. The van der Waals surface area contributed by atoms with E-state index in [1.807, 2.05) is 0 Å². The molecule has 0 saturated carbocycles. The molecule has 0 aliphatic rings. The Kier molecular flexibility index (Phi) is 15.0. The molecule has 0 aliphatic heterocycles. The van der Waals surface area contributed by atoms with Crippen LogP contribution in [0.5, 0.6) is 0 Å². The SMILES string of the molecule is [CH2]CCCCCCCC[CH]CCCCCC. The van der Waals surface area contributed by atoms with Crippen molar-refractivity contribution in [2.24, 2.45) is 0 Å². The van der Waals surface area contributed by atoms with Gasteiger partial charge in [0.05, 0.1) is 0 Å². The Labute approximate surface area is 104 Å². The molecule has 0 aromatic rings. The average molecular weight is 224 g/mol. The molecule has 0 bridgehead atoms. The summed E-state index contributed by atoms with van der Waals surface area (Å²) in [7, 11) is 0. The Morgan fingerprint density at radius 1 is 0.688 bits per heavy atom. The summed E-state index contributed by atoms with van der Waals surface area (Å²) >= 11 is 0. The molecule has 0 rings (SSSR count). The van der Waals surface area contributed by atoms with Crippen LogP contribution in [0.4, 0.5) is 0 Å². The van der Waals surface area contributed by atoms with Crippen molar-refractivity contribution in [1.82, 2.24) is 0 Å². The molecule has 0 nitrogen and oxygen atoms in total. The van der Waals surface area contributed by atoms with Gasteiger partial charge in [0.15, 0.2) is 0 Å². The molecule has 0 aromatic heterocycles. The van der Waals surface area contributed by atoms with Gasteiger partial charge in [0, 0.05) is 0 Å².